The largest absolute Gasteiger partial charge is 0.385 e. The minimum absolute atomic E-state index is 0.202. The van der Waals surface area contributed by atoms with Crippen LogP contribution in [0.15, 0.2) is 60.3 Å². The predicted molar refractivity (Wildman–Crippen MR) is 138 cm³/mol. The molecule has 2 aromatic rings. The Labute approximate surface area is 191 Å². The Bertz CT molecular complexity index is 800. The van der Waals surface area contributed by atoms with E-state index in [1.165, 1.54) is 27.8 Å². The molecule has 172 valence electrons. The van der Waals surface area contributed by atoms with Gasteiger partial charge in [0, 0.05) is 12.2 Å². The highest BCUT2D eigenvalue weighted by Gasteiger charge is 2.22. The molecule has 0 saturated heterocycles. The first-order valence-corrected chi connectivity index (χ1v) is 12.2. The summed E-state index contributed by atoms with van der Waals surface area (Å²) >= 11 is 0. The molecule has 0 fully saturated rings. The summed E-state index contributed by atoms with van der Waals surface area (Å²) in [4.78, 5) is 0. The van der Waals surface area contributed by atoms with Crippen molar-refractivity contribution < 1.29 is 4.39 Å². The third-order valence-corrected chi connectivity index (χ3v) is 4.88. The van der Waals surface area contributed by atoms with Crippen LogP contribution < -0.4 is 5.32 Å². The zero-order valence-electron chi connectivity index (χ0n) is 21.2. The monoisotopic (exact) mass is 425 g/mol. The van der Waals surface area contributed by atoms with E-state index in [4.69, 9.17) is 0 Å². The lowest BCUT2D eigenvalue weighted by Gasteiger charge is -2.26. The van der Waals surface area contributed by atoms with Gasteiger partial charge in [-0.1, -0.05) is 92.3 Å². The Kier molecular flexibility index (Phi) is 15.1. The molecule has 0 bridgehead atoms. The third-order valence-electron chi connectivity index (χ3n) is 4.88. The van der Waals surface area contributed by atoms with Crippen molar-refractivity contribution in [3.63, 3.8) is 0 Å². The van der Waals surface area contributed by atoms with Crippen LogP contribution >= 0.6 is 0 Å². The van der Waals surface area contributed by atoms with E-state index in [1.807, 2.05) is 53.7 Å². The number of hydrogen-bond acceptors (Lipinski definition) is 1. The molecule has 0 radical (unpaired) electrons. The van der Waals surface area contributed by atoms with E-state index in [0.717, 1.165) is 43.5 Å². The molecule has 1 N–H and O–H groups in total. The van der Waals surface area contributed by atoms with Crippen molar-refractivity contribution in [2.45, 2.75) is 81.1 Å². The smallest absolute Gasteiger partial charge is 0.123 e. The maximum Gasteiger partial charge on any atom is 0.123 e. The van der Waals surface area contributed by atoms with E-state index in [2.05, 4.69) is 43.9 Å². The fraction of sp³-hybridized carbons (Fsp3) is 0.448. The van der Waals surface area contributed by atoms with Gasteiger partial charge in [0.25, 0.3) is 0 Å². The number of halogens is 1. The van der Waals surface area contributed by atoms with Gasteiger partial charge in [-0.25, -0.2) is 4.39 Å². The molecular formula is C29H44FN. The summed E-state index contributed by atoms with van der Waals surface area (Å²) in [6.45, 7) is 21.5. The number of nitrogens with one attached hydrogen (secondary N) is 1. The average molecular weight is 426 g/mol. The third kappa shape index (κ3) is 8.01. The van der Waals surface area contributed by atoms with Crippen molar-refractivity contribution in [2.24, 2.45) is 0 Å². The van der Waals surface area contributed by atoms with E-state index < -0.39 is 0 Å². The summed E-state index contributed by atoms with van der Waals surface area (Å²) in [7, 11) is 0. The molecule has 0 aliphatic heterocycles. The van der Waals surface area contributed by atoms with Gasteiger partial charge in [-0.05, 0) is 71.2 Å². The molecule has 2 heteroatoms. The van der Waals surface area contributed by atoms with Crippen molar-refractivity contribution in [1.29, 1.82) is 0 Å². The first-order valence-electron chi connectivity index (χ1n) is 12.2. The zero-order chi connectivity index (χ0) is 23.8. The molecule has 3 rings (SSSR count). The highest BCUT2D eigenvalue weighted by atomic mass is 19.1. The van der Waals surface area contributed by atoms with Crippen LogP contribution in [0.1, 0.15) is 90.5 Å². The maximum absolute atomic E-state index is 13.4. The van der Waals surface area contributed by atoms with Crippen LogP contribution in [0.5, 0.6) is 0 Å². The van der Waals surface area contributed by atoms with Crippen molar-refractivity contribution in [3.8, 4) is 0 Å². The molecule has 1 aliphatic carbocycles. The Hall–Kier alpha value is -2.35. The van der Waals surface area contributed by atoms with Crippen molar-refractivity contribution >= 4 is 5.57 Å². The first-order chi connectivity index (χ1) is 15.1. The van der Waals surface area contributed by atoms with Crippen molar-refractivity contribution in [1.82, 2.24) is 5.32 Å². The van der Waals surface area contributed by atoms with E-state index in [0.29, 0.717) is 0 Å². The molecule has 0 heterocycles. The number of hydrogen-bond donors (Lipinski definition) is 1. The van der Waals surface area contributed by atoms with Gasteiger partial charge in [0.1, 0.15) is 5.82 Å². The fourth-order valence-electron chi connectivity index (χ4n) is 3.47. The second-order valence-corrected chi connectivity index (χ2v) is 6.61. The summed E-state index contributed by atoms with van der Waals surface area (Å²) in [6, 6.07) is 13.6. The van der Waals surface area contributed by atoms with Gasteiger partial charge in [-0.15, -0.1) is 0 Å². The van der Waals surface area contributed by atoms with Crippen LogP contribution in [0, 0.1) is 5.82 Å². The summed E-state index contributed by atoms with van der Waals surface area (Å²) in [5.41, 5.74) is 8.46. The molecular weight excluding hydrogens is 381 g/mol. The second kappa shape index (κ2) is 16.4. The summed E-state index contributed by atoms with van der Waals surface area (Å²) < 4.78 is 13.4. The Morgan fingerprint density at radius 2 is 1.52 bits per heavy atom. The Morgan fingerprint density at radius 1 is 0.903 bits per heavy atom. The molecule has 31 heavy (non-hydrogen) atoms. The minimum atomic E-state index is -0.202. The quantitative estimate of drug-likeness (QED) is 0.488. The lowest BCUT2D eigenvalue weighted by atomic mass is 9.80. The fourth-order valence-corrected chi connectivity index (χ4v) is 3.47. The van der Waals surface area contributed by atoms with E-state index in [1.54, 1.807) is 12.1 Å². The Morgan fingerprint density at radius 3 is 2.06 bits per heavy atom. The number of allylic oxidation sites excluding steroid dienone is 1. The van der Waals surface area contributed by atoms with Gasteiger partial charge in [-0.3, -0.25) is 0 Å². The number of benzene rings is 2. The van der Waals surface area contributed by atoms with Gasteiger partial charge in [-0.2, -0.15) is 0 Å². The molecule has 1 nitrogen and oxygen atoms in total. The summed E-state index contributed by atoms with van der Waals surface area (Å²) in [5.74, 6) is -0.202. The van der Waals surface area contributed by atoms with E-state index in [-0.39, 0.29) is 5.82 Å². The van der Waals surface area contributed by atoms with Gasteiger partial charge in [0.2, 0.25) is 0 Å². The lowest BCUT2D eigenvalue weighted by Crippen LogP contribution is -2.18. The molecule has 0 unspecified atom stereocenters. The SMILES string of the molecule is C=C(NCCC)C1=C(c2ccc(F)cc2)c2cc(CC)ccc2CC1.CC.CC.CC. The highest BCUT2D eigenvalue weighted by molar-refractivity contribution is 5.87. The molecule has 0 saturated carbocycles. The molecule has 0 spiro atoms. The van der Waals surface area contributed by atoms with Crippen LogP contribution in [-0.2, 0) is 12.8 Å². The van der Waals surface area contributed by atoms with Crippen LogP contribution in [0.3, 0.4) is 0 Å². The lowest BCUT2D eigenvalue weighted by molar-refractivity contribution is 0.627. The summed E-state index contributed by atoms with van der Waals surface area (Å²) in [5, 5.41) is 3.45. The topological polar surface area (TPSA) is 12.0 Å². The molecule has 0 atom stereocenters. The highest BCUT2D eigenvalue weighted by Crippen LogP contribution is 2.38. The van der Waals surface area contributed by atoms with Gasteiger partial charge >= 0.3 is 0 Å². The van der Waals surface area contributed by atoms with Crippen LogP contribution in [-0.4, -0.2) is 6.54 Å². The average Bonchev–Trinajstić information content (AvgIpc) is 2.85. The van der Waals surface area contributed by atoms with Crippen molar-refractivity contribution in [3.05, 3.63) is 88.4 Å². The normalized spacial score (nSPS) is 11.5. The van der Waals surface area contributed by atoms with E-state index >= 15 is 0 Å². The number of rotatable bonds is 6. The Balaban J connectivity index is 0.00000138. The number of aryl methyl sites for hydroxylation is 2. The van der Waals surface area contributed by atoms with Crippen molar-refractivity contribution in [2.75, 3.05) is 6.54 Å². The predicted octanol–water partition coefficient (Wildman–Crippen LogP) is 8.73. The van der Waals surface area contributed by atoms with Crippen LogP contribution in [0.2, 0.25) is 0 Å². The van der Waals surface area contributed by atoms with Gasteiger partial charge < -0.3 is 5.32 Å². The maximum atomic E-state index is 13.4. The standard InChI is InChI=1S/C23H26FN.3C2H6/c1-4-14-25-16(3)21-13-10-18-7-6-17(5-2)15-22(18)23(21)19-8-11-20(24)12-9-19;3*1-2/h6-9,11-12,15,25H,3-5,10,13-14H2,1-2H3;3*1-2H3. The summed E-state index contributed by atoms with van der Waals surface area (Å²) in [6.07, 6.45) is 4.05. The molecule has 0 aromatic heterocycles. The number of fused-ring (bicyclic) bond motifs is 1. The first kappa shape index (κ1) is 28.6. The zero-order valence-corrected chi connectivity index (χ0v) is 21.2. The van der Waals surface area contributed by atoms with Crippen LogP contribution in [0.4, 0.5) is 4.39 Å². The molecule has 1 aliphatic rings. The van der Waals surface area contributed by atoms with Gasteiger partial charge in [0.15, 0.2) is 0 Å². The minimum Gasteiger partial charge on any atom is -0.385 e. The van der Waals surface area contributed by atoms with E-state index in [9.17, 15) is 4.39 Å². The molecule has 2 aromatic carbocycles. The van der Waals surface area contributed by atoms with Gasteiger partial charge in [0.05, 0.1) is 0 Å². The molecule has 0 amide bonds. The second-order valence-electron chi connectivity index (χ2n) is 6.61. The van der Waals surface area contributed by atoms with Crippen LogP contribution in [0.25, 0.3) is 5.57 Å².